The highest BCUT2D eigenvalue weighted by Crippen LogP contribution is 2.30. The van der Waals surface area contributed by atoms with Crippen molar-refractivity contribution >= 4 is 27.5 Å². The number of aromatic nitrogens is 1. The van der Waals surface area contributed by atoms with Gasteiger partial charge in [-0.15, -0.1) is 11.3 Å². The van der Waals surface area contributed by atoms with E-state index in [9.17, 15) is 4.79 Å². The van der Waals surface area contributed by atoms with Gasteiger partial charge in [-0.25, -0.2) is 10.5 Å². The summed E-state index contributed by atoms with van der Waals surface area (Å²) in [5.41, 5.74) is 3.80. The molecule has 142 valence electrons. The zero-order chi connectivity index (χ0) is 18.9. The zero-order valence-corrected chi connectivity index (χ0v) is 16.0. The first-order chi connectivity index (χ1) is 13.3. The van der Waals surface area contributed by atoms with Crippen LogP contribution in [0.15, 0.2) is 48.5 Å². The van der Waals surface area contributed by atoms with Crippen molar-refractivity contribution in [2.75, 3.05) is 6.61 Å². The summed E-state index contributed by atoms with van der Waals surface area (Å²) in [6.45, 7) is 0.692. The van der Waals surface area contributed by atoms with Crippen molar-refractivity contribution in [3.63, 3.8) is 0 Å². The van der Waals surface area contributed by atoms with Gasteiger partial charge in [0.05, 0.1) is 16.8 Å². The maximum Gasteiger partial charge on any atom is 0.243 e. The fraction of sp³-hybridized carbons (Fsp3) is 0.333. The van der Waals surface area contributed by atoms with Gasteiger partial charge in [0.25, 0.3) is 0 Å². The number of fused-ring (bicyclic) bond motifs is 1. The number of hydrogen-bond donors (Lipinski definition) is 2. The van der Waals surface area contributed by atoms with Crippen LogP contribution in [0.3, 0.4) is 0 Å². The second-order valence-electron chi connectivity index (χ2n) is 6.41. The first-order valence-electron chi connectivity index (χ1n) is 9.28. The largest absolute Gasteiger partial charge is 0.494 e. The Morgan fingerprint density at radius 2 is 1.74 bits per heavy atom. The Kier molecular flexibility index (Phi) is 7.19. The van der Waals surface area contributed by atoms with E-state index in [1.165, 1.54) is 4.70 Å². The van der Waals surface area contributed by atoms with E-state index in [1.54, 1.807) is 16.8 Å². The van der Waals surface area contributed by atoms with Gasteiger partial charge in [-0.3, -0.25) is 10.0 Å². The fourth-order valence-corrected chi connectivity index (χ4v) is 3.82. The molecule has 2 N–H and O–H groups in total. The highest BCUT2D eigenvalue weighted by Gasteiger charge is 2.06. The molecule has 1 heterocycles. The van der Waals surface area contributed by atoms with Crippen molar-refractivity contribution in [2.24, 2.45) is 0 Å². The Labute approximate surface area is 163 Å². The molecule has 0 aliphatic rings. The molecule has 1 aromatic heterocycles. The van der Waals surface area contributed by atoms with Crippen LogP contribution in [0.1, 0.15) is 38.5 Å². The average Bonchev–Trinajstić information content (AvgIpc) is 3.14. The van der Waals surface area contributed by atoms with E-state index in [0.29, 0.717) is 13.0 Å². The van der Waals surface area contributed by atoms with Crippen molar-refractivity contribution in [1.82, 2.24) is 10.5 Å². The van der Waals surface area contributed by atoms with Gasteiger partial charge >= 0.3 is 0 Å². The summed E-state index contributed by atoms with van der Waals surface area (Å²) >= 11 is 1.70. The third kappa shape index (κ3) is 5.77. The molecule has 5 nitrogen and oxygen atoms in total. The summed E-state index contributed by atoms with van der Waals surface area (Å²) in [4.78, 5) is 15.6. The topological polar surface area (TPSA) is 71.5 Å². The van der Waals surface area contributed by atoms with Gasteiger partial charge in [0.15, 0.2) is 0 Å². The summed E-state index contributed by atoms with van der Waals surface area (Å²) in [5.74, 6) is 0.562. The highest BCUT2D eigenvalue weighted by molar-refractivity contribution is 7.21. The molecule has 0 fully saturated rings. The molecule has 0 saturated heterocycles. The molecule has 0 spiro atoms. The van der Waals surface area contributed by atoms with Gasteiger partial charge in [-0.2, -0.15) is 0 Å². The first kappa shape index (κ1) is 19.3. The van der Waals surface area contributed by atoms with E-state index >= 15 is 0 Å². The SMILES string of the molecule is O=C(CCCCCCCOc1ccc(-c2nc3ccccc3s2)cc1)NO. The minimum Gasteiger partial charge on any atom is -0.494 e. The van der Waals surface area contributed by atoms with Crippen molar-refractivity contribution in [3.05, 3.63) is 48.5 Å². The smallest absolute Gasteiger partial charge is 0.243 e. The molecule has 1 amide bonds. The predicted octanol–water partition coefficient (Wildman–Crippen LogP) is 5.19. The van der Waals surface area contributed by atoms with Crippen LogP contribution in [0.25, 0.3) is 20.8 Å². The van der Waals surface area contributed by atoms with Crippen LogP contribution in [-0.4, -0.2) is 22.7 Å². The minimum atomic E-state index is -0.312. The van der Waals surface area contributed by atoms with E-state index in [-0.39, 0.29) is 5.91 Å². The maximum atomic E-state index is 10.9. The first-order valence-corrected chi connectivity index (χ1v) is 10.1. The van der Waals surface area contributed by atoms with Crippen LogP contribution >= 0.6 is 11.3 Å². The third-order valence-electron chi connectivity index (χ3n) is 4.34. The van der Waals surface area contributed by atoms with E-state index < -0.39 is 0 Å². The Bertz CT molecular complexity index is 828. The lowest BCUT2D eigenvalue weighted by molar-refractivity contribution is -0.129. The number of hydroxylamine groups is 1. The number of amides is 1. The second-order valence-corrected chi connectivity index (χ2v) is 7.44. The number of unbranched alkanes of at least 4 members (excludes halogenated alkanes) is 4. The highest BCUT2D eigenvalue weighted by atomic mass is 32.1. The van der Waals surface area contributed by atoms with E-state index in [4.69, 9.17) is 9.94 Å². The number of rotatable bonds is 10. The molecule has 6 heteroatoms. The van der Waals surface area contributed by atoms with E-state index in [1.807, 2.05) is 30.3 Å². The molecule has 0 atom stereocenters. The van der Waals surface area contributed by atoms with Crippen molar-refractivity contribution in [2.45, 2.75) is 38.5 Å². The summed E-state index contributed by atoms with van der Waals surface area (Å²) in [7, 11) is 0. The lowest BCUT2D eigenvalue weighted by Crippen LogP contribution is -2.17. The molecule has 0 aliphatic carbocycles. The number of nitrogens with zero attached hydrogens (tertiary/aromatic N) is 1. The van der Waals surface area contributed by atoms with Crippen LogP contribution in [0.2, 0.25) is 0 Å². The number of hydrogen-bond acceptors (Lipinski definition) is 5. The second kappa shape index (κ2) is 10.0. The van der Waals surface area contributed by atoms with Gasteiger partial charge in [0.1, 0.15) is 10.8 Å². The summed E-state index contributed by atoms with van der Waals surface area (Å²) in [5, 5.41) is 9.44. The number of para-hydroxylation sites is 1. The zero-order valence-electron chi connectivity index (χ0n) is 15.2. The molecule has 0 unspecified atom stereocenters. The van der Waals surface area contributed by atoms with Crippen molar-refractivity contribution in [3.8, 4) is 16.3 Å². The van der Waals surface area contributed by atoms with Gasteiger partial charge in [0, 0.05) is 12.0 Å². The number of thiazole rings is 1. The van der Waals surface area contributed by atoms with Gasteiger partial charge < -0.3 is 4.74 Å². The predicted molar refractivity (Wildman–Crippen MR) is 108 cm³/mol. The summed E-state index contributed by atoms with van der Waals surface area (Å²) in [6, 6.07) is 16.3. The van der Waals surface area contributed by atoms with Crippen LogP contribution in [0, 0.1) is 0 Å². The Hall–Kier alpha value is -2.44. The lowest BCUT2D eigenvalue weighted by Gasteiger charge is -2.06. The van der Waals surface area contributed by atoms with Crippen LogP contribution in [0.4, 0.5) is 0 Å². The maximum absolute atomic E-state index is 10.9. The van der Waals surface area contributed by atoms with Crippen molar-refractivity contribution < 1.29 is 14.7 Å². The van der Waals surface area contributed by atoms with Gasteiger partial charge in [0.2, 0.25) is 5.91 Å². The summed E-state index contributed by atoms with van der Waals surface area (Å²) < 4.78 is 7.00. The Morgan fingerprint density at radius 3 is 2.52 bits per heavy atom. The van der Waals surface area contributed by atoms with Gasteiger partial charge in [-0.05, 0) is 49.2 Å². The number of nitrogens with one attached hydrogen (secondary N) is 1. The third-order valence-corrected chi connectivity index (χ3v) is 5.42. The molecular weight excluding hydrogens is 360 g/mol. The fourth-order valence-electron chi connectivity index (χ4n) is 2.85. The van der Waals surface area contributed by atoms with Crippen molar-refractivity contribution in [1.29, 1.82) is 0 Å². The monoisotopic (exact) mass is 384 g/mol. The number of carbonyl (C=O) groups excluding carboxylic acids is 1. The summed E-state index contributed by atoms with van der Waals surface area (Å²) in [6.07, 6.45) is 5.31. The number of ether oxygens (including phenoxy) is 1. The Morgan fingerprint density at radius 1 is 1.00 bits per heavy atom. The van der Waals surface area contributed by atoms with Crippen LogP contribution in [0.5, 0.6) is 5.75 Å². The molecule has 0 bridgehead atoms. The lowest BCUT2D eigenvalue weighted by atomic mass is 10.1. The minimum absolute atomic E-state index is 0.312. The number of carbonyl (C=O) groups is 1. The van der Waals surface area contributed by atoms with Crippen LogP contribution < -0.4 is 10.2 Å². The standard InChI is InChI=1S/C21H24N2O3S/c24-20(23-25)10-4-2-1-3-7-15-26-17-13-11-16(12-14-17)21-22-18-8-5-6-9-19(18)27-21/h5-6,8-9,11-14,25H,1-4,7,10,15H2,(H,23,24). The molecule has 0 saturated carbocycles. The molecule has 27 heavy (non-hydrogen) atoms. The van der Waals surface area contributed by atoms with Gasteiger partial charge in [-0.1, -0.05) is 31.4 Å². The average molecular weight is 385 g/mol. The molecule has 0 aliphatic heterocycles. The van der Waals surface area contributed by atoms with E-state index in [2.05, 4.69) is 23.2 Å². The molecule has 3 aromatic rings. The van der Waals surface area contributed by atoms with E-state index in [0.717, 1.165) is 53.9 Å². The number of benzene rings is 2. The van der Waals surface area contributed by atoms with Crippen LogP contribution in [-0.2, 0) is 4.79 Å². The molecule has 0 radical (unpaired) electrons. The molecule has 3 rings (SSSR count). The molecule has 2 aromatic carbocycles. The molecular formula is C21H24N2O3S. The quantitative estimate of drug-likeness (QED) is 0.287. The normalized spacial score (nSPS) is 10.9. The Balaban J connectivity index is 1.37.